The van der Waals surface area contributed by atoms with Gasteiger partial charge in [-0.25, -0.2) is 0 Å². The summed E-state index contributed by atoms with van der Waals surface area (Å²) < 4.78 is 5.37. The molecular formula is C20H24N4O. The van der Waals surface area contributed by atoms with Crippen LogP contribution in [0.5, 0.6) is 0 Å². The van der Waals surface area contributed by atoms with Gasteiger partial charge in [0.15, 0.2) is 0 Å². The van der Waals surface area contributed by atoms with Gasteiger partial charge in [-0.1, -0.05) is 18.2 Å². The van der Waals surface area contributed by atoms with E-state index in [1.807, 2.05) is 18.5 Å². The highest BCUT2D eigenvalue weighted by Crippen LogP contribution is 2.33. The van der Waals surface area contributed by atoms with Gasteiger partial charge >= 0.3 is 0 Å². The molecule has 2 heterocycles. The maximum absolute atomic E-state index is 5.37. The molecular weight excluding hydrogens is 312 g/mol. The van der Waals surface area contributed by atoms with E-state index in [-0.39, 0.29) is 0 Å². The fraction of sp³-hybridized carbons (Fsp3) is 0.400. The summed E-state index contributed by atoms with van der Waals surface area (Å²) in [6.45, 7) is 2.52. The number of fused-ring (bicyclic) bond motifs is 2. The Balaban J connectivity index is 1.61. The van der Waals surface area contributed by atoms with Gasteiger partial charge in [-0.15, -0.1) is 0 Å². The van der Waals surface area contributed by atoms with Crippen molar-refractivity contribution in [3.63, 3.8) is 0 Å². The average Bonchev–Trinajstić information content (AvgIpc) is 3.12. The van der Waals surface area contributed by atoms with Gasteiger partial charge in [0.1, 0.15) is 0 Å². The number of benzene rings is 1. The molecule has 0 radical (unpaired) electrons. The number of rotatable bonds is 6. The van der Waals surface area contributed by atoms with Crippen molar-refractivity contribution in [1.29, 1.82) is 0 Å². The number of hydrogen-bond acceptors (Lipinski definition) is 4. The third-order valence-electron chi connectivity index (χ3n) is 5.08. The standard InChI is InChI=1S/C20H24N4O/c1-25-11-10-24(14-15-7-8-17-13-22-23-18(17)12-15)19-6-2-4-16-5-3-9-21-20(16)19/h3,5,7-9,12-13,19H,2,4,6,10-11,14H2,1H3,(H,22,23). The maximum Gasteiger partial charge on any atom is 0.0653 e. The van der Waals surface area contributed by atoms with Crippen LogP contribution in [0.25, 0.3) is 10.9 Å². The third-order valence-corrected chi connectivity index (χ3v) is 5.08. The predicted octanol–water partition coefficient (Wildman–Crippen LogP) is 3.48. The molecule has 0 amide bonds. The molecule has 5 nitrogen and oxygen atoms in total. The van der Waals surface area contributed by atoms with Crippen LogP contribution in [-0.4, -0.2) is 40.3 Å². The lowest BCUT2D eigenvalue weighted by Crippen LogP contribution is -2.34. The number of aromatic amines is 1. The minimum Gasteiger partial charge on any atom is -0.383 e. The molecule has 0 saturated heterocycles. The Morgan fingerprint density at radius 3 is 3.20 bits per heavy atom. The van der Waals surface area contributed by atoms with Gasteiger partial charge in [0.25, 0.3) is 0 Å². The van der Waals surface area contributed by atoms with Gasteiger partial charge in [0.2, 0.25) is 0 Å². The first-order valence-electron chi connectivity index (χ1n) is 8.94. The van der Waals surface area contributed by atoms with E-state index in [2.05, 4.69) is 39.4 Å². The van der Waals surface area contributed by atoms with Crippen molar-refractivity contribution in [3.05, 3.63) is 59.5 Å². The molecule has 0 saturated carbocycles. The zero-order valence-corrected chi connectivity index (χ0v) is 14.6. The number of methoxy groups -OCH3 is 1. The molecule has 5 heteroatoms. The van der Waals surface area contributed by atoms with E-state index >= 15 is 0 Å². The Morgan fingerprint density at radius 1 is 1.32 bits per heavy atom. The highest BCUT2D eigenvalue weighted by Gasteiger charge is 2.27. The second-order valence-electron chi connectivity index (χ2n) is 6.71. The molecule has 0 spiro atoms. The summed E-state index contributed by atoms with van der Waals surface area (Å²) in [5.41, 5.74) is 5.01. The number of H-pyrrole nitrogens is 1. The van der Waals surface area contributed by atoms with E-state index in [0.717, 1.165) is 43.4 Å². The molecule has 1 aliphatic carbocycles. The first kappa shape index (κ1) is 16.2. The zero-order chi connectivity index (χ0) is 17.1. The first-order chi connectivity index (χ1) is 12.3. The molecule has 0 fully saturated rings. The van der Waals surface area contributed by atoms with E-state index in [1.165, 1.54) is 23.2 Å². The Labute approximate surface area is 148 Å². The van der Waals surface area contributed by atoms with Crippen molar-refractivity contribution >= 4 is 10.9 Å². The van der Waals surface area contributed by atoms with E-state index in [1.54, 1.807) is 7.11 Å². The van der Waals surface area contributed by atoms with Crippen molar-refractivity contribution in [2.24, 2.45) is 0 Å². The van der Waals surface area contributed by atoms with Crippen LogP contribution in [0.1, 0.15) is 35.7 Å². The zero-order valence-electron chi connectivity index (χ0n) is 14.6. The lowest BCUT2D eigenvalue weighted by molar-refractivity contribution is 0.104. The molecule has 0 aliphatic heterocycles. The smallest absolute Gasteiger partial charge is 0.0653 e. The van der Waals surface area contributed by atoms with Gasteiger partial charge in [0.05, 0.1) is 30.1 Å². The molecule has 25 heavy (non-hydrogen) atoms. The molecule has 1 unspecified atom stereocenters. The number of nitrogens with zero attached hydrogens (tertiary/aromatic N) is 3. The molecule has 0 bridgehead atoms. The van der Waals surface area contributed by atoms with E-state index in [4.69, 9.17) is 9.72 Å². The van der Waals surface area contributed by atoms with Gasteiger partial charge in [-0.2, -0.15) is 5.10 Å². The van der Waals surface area contributed by atoms with Gasteiger partial charge in [-0.05, 0) is 42.5 Å². The quantitative estimate of drug-likeness (QED) is 0.749. The Kier molecular flexibility index (Phi) is 4.76. The normalized spacial score (nSPS) is 17.1. The van der Waals surface area contributed by atoms with Gasteiger partial charge in [-0.3, -0.25) is 15.0 Å². The highest BCUT2D eigenvalue weighted by atomic mass is 16.5. The molecule has 1 aromatic carbocycles. The summed E-state index contributed by atoms with van der Waals surface area (Å²) in [7, 11) is 1.77. The lowest BCUT2D eigenvalue weighted by Gasteiger charge is -2.35. The molecule has 2 aromatic heterocycles. The molecule has 130 valence electrons. The summed E-state index contributed by atoms with van der Waals surface area (Å²) in [5.74, 6) is 0. The number of aryl methyl sites for hydroxylation is 1. The van der Waals surface area contributed by atoms with Crippen LogP contribution in [0.4, 0.5) is 0 Å². The monoisotopic (exact) mass is 336 g/mol. The topological polar surface area (TPSA) is 54.0 Å². The lowest BCUT2D eigenvalue weighted by atomic mass is 9.90. The first-order valence-corrected chi connectivity index (χ1v) is 8.94. The van der Waals surface area contributed by atoms with E-state index in [0.29, 0.717) is 6.04 Å². The van der Waals surface area contributed by atoms with Crippen molar-refractivity contribution in [2.75, 3.05) is 20.3 Å². The molecule has 1 atom stereocenters. The van der Waals surface area contributed by atoms with Crippen molar-refractivity contribution in [2.45, 2.75) is 31.8 Å². The fourth-order valence-electron chi connectivity index (χ4n) is 3.81. The molecule has 3 aromatic rings. The largest absolute Gasteiger partial charge is 0.383 e. The van der Waals surface area contributed by atoms with Crippen LogP contribution >= 0.6 is 0 Å². The number of hydrogen-bond donors (Lipinski definition) is 1. The van der Waals surface area contributed by atoms with E-state index < -0.39 is 0 Å². The molecule has 4 rings (SSSR count). The Bertz CT molecular complexity index is 844. The van der Waals surface area contributed by atoms with Crippen molar-refractivity contribution in [3.8, 4) is 0 Å². The predicted molar refractivity (Wildman–Crippen MR) is 98.3 cm³/mol. The van der Waals surface area contributed by atoms with Crippen LogP contribution in [0.15, 0.2) is 42.7 Å². The SMILES string of the molecule is COCCN(Cc1ccc2cn[nH]c2c1)C1CCCc2cccnc21. The van der Waals surface area contributed by atoms with Crippen LogP contribution in [0.2, 0.25) is 0 Å². The molecule has 1 N–H and O–H groups in total. The second-order valence-corrected chi connectivity index (χ2v) is 6.71. The summed E-state index contributed by atoms with van der Waals surface area (Å²) in [6, 6.07) is 11.2. The summed E-state index contributed by atoms with van der Waals surface area (Å²) in [5, 5.41) is 8.34. The van der Waals surface area contributed by atoms with Crippen LogP contribution in [0, 0.1) is 0 Å². The number of aromatic nitrogens is 3. The van der Waals surface area contributed by atoms with Crippen molar-refractivity contribution in [1.82, 2.24) is 20.1 Å². The van der Waals surface area contributed by atoms with Crippen LogP contribution in [-0.2, 0) is 17.7 Å². The summed E-state index contributed by atoms with van der Waals surface area (Å²) in [4.78, 5) is 7.22. The summed E-state index contributed by atoms with van der Waals surface area (Å²) >= 11 is 0. The number of ether oxygens (including phenoxy) is 1. The minimum atomic E-state index is 0.359. The third kappa shape index (κ3) is 3.43. The Morgan fingerprint density at radius 2 is 2.28 bits per heavy atom. The van der Waals surface area contributed by atoms with Crippen molar-refractivity contribution < 1.29 is 4.74 Å². The number of nitrogens with one attached hydrogen (secondary N) is 1. The van der Waals surface area contributed by atoms with Crippen LogP contribution in [0.3, 0.4) is 0 Å². The number of pyridine rings is 1. The fourth-order valence-corrected chi connectivity index (χ4v) is 3.81. The van der Waals surface area contributed by atoms with Crippen LogP contribution < -0.4 is 0 Å². The van der Waals surface area contributed by atoms with E-state index in [9.17, 15) is 0 Å². The maximum atomic E-state index is 5.37. The molecule has 1 aliphatic rings. The highest BCUT2D eigenvalue weighted by molar-refractivity contribution is 5.78. The second kappa shape index (κ2) is 7.33. The van der Waals surface area contributed by atoms with Gasteiger partial charge < -0.3 is 4.74 Å². The Hall–Kier alpha value is -2.24. The minimum absolute atomic E-state index is 0.359. The summed E-state index contributed by atoms with van der Waals surface area (Å²) in [6.07, 6.45) is 7.29. The average molecular weight is 336 g/mol. The van der Waals surface area contributed by atoms with Gasteiger partial charge in [0, 0.05) is 31.8 Å².